The van der Waals surface area contributed by atoms with Crippen molar-refractivity contribution in [3.8, 4) is 0 Å². The first-order valence-corrected chi connectivity index (χ1v) is 11.2. The molecule has 2 aromatic rings. The van der Waals surface area contributed by atoms with Crippen molar-refractivity contribution in [3.63, 3.8) is 0 Å². The first-order valence-electron chi connectivity index (χ1n) is 11.2. The zero-order valence-electron chi connectivity index (χ0n) is 18.4. The number of aromatic nitrogens is 3. The summed E-state index contributed by atoms with van der Waals surface area (Å²) in [5.74, 6) is 3.02. The Morgan fingerprint density at radius 2 is 1.90 bits per heavy atom. The van der Waals surface area contributed by atoms with E-state index in [-0.39, 0.29) is 5.78 Å². The van der Waals surface area contributed by atoms with Gasteiger partial charge in [-0.2, -0.15) is 0 Å². The van der Waals surface area contributed by atoms with Gasteiger partial charge in [0.15, 0.2) is 5.78 Å². The van der Waals surface area contributed by atoms with Crippen molar-refractivity contribution in [1.82, 2.24) is 19.7 Å². The van der Waals surface area contributed by atoms with Gasteiger partial charge in [-0.15, -0.1) is 10.2 Å². The second-order valence-electron chi connectivity index (χ2n) is 9.06. The number of Topliss-reactive ketones (excluding diaryl/α,β-unsaturated/α-hetero) is 1. The van der Waals surface area contributed by atoms with Gasteiger partial charge >= 0.3 is 0 Å². The van der Waals surface area contributed by atoms with Crippen LogP contribution in [0.25, 0.3) is 0 Å². The molecule has 5 heteroatoms. The Kier molecular flexibility index (Phi) is 5.86. The number of rotatable bonds is 4. The number of ketones is 1. The van der Waals surface area contributed by atoms with Gasteiger partial charge in [0, 0.05) is 37.5 Å². The molecule has 0 amide bonds. The molecule has 0 radical (unpaired) electrons. The molecule has 156 valence electrons. The van der Waals surface area contributed by atoms with Gasteiger partial charge in [0.2, 0.25) is 0 Å². The number of carbonyl (C=O) groups is 1. The molecule has 1 unspecified atom stereocenters. The quantitative estimate of drug-likeness (QED) is 0.716. The summed E-state index contributed by atoms with van der Waals surface area (Å²) < 4.78 is 2.41. The van der Waals surface area contributed by atoms with E-state index in [9.17, 15) is 4.79 Å². The van der Waals surface area contributed by atoms with Crippen LogP contribution in [0.5, 0.6) is 0 Å². The van der Waals surface area contributed by atoms with Crippen LogP contribution in [0.1, 0.15) is 89.2 Å². The summed E-state index contributed by atoms with van der Waals surface area (Å²) in [4.78, 5) is 14.7. The van der Waals surface area contributed by atoms with E-state index in [0.29, 0.717) is 5.92 Å². The summed E-state index contributed by atoms with van der Waals surface area (Å²) in [6, 6.07) is 2.18. The van der Waals surface area contributed by atoms with Crippen LogP contribution in [0.4, 0.5) is 0 Å². The normalized spacial score (nSPS) is 20.3. The van der Waals surface area contributed by atoms with Crippen LogP contribution in [-0.4, -0.2) is 38.5 Å². The predicted molar refractivity (Wildman–Crippen MR) is 115 cm³/mol. The van der Waals surface area contributed by atoms with E-state index in [1.807, 2.05) is 0 Å². The molecule has 5 nitrogen and oxygen atoms in total. The third kappa shape index (κ3) is 4.02. The van der Waals surface area contributed by atoms with Crippen LogP contribution in [-0.2, 0) is 19.5 Å². The third-order valence-electron chi connectivity index (χ3n) is 6.87. The molecule has 1 aromatic carbocycles. The lowest BCUT2D eigenvalue weighted by Crippen LogP contribution is -2.35. The van der Waals surface area contributed by atoms with E-state index in [1.165, 1.54) is 54.9 Å². The minimum absolute atomic E-state index is 0.170. The summed E-state index contributed by atoms with van der Waals surface area (Å²) in [5.41, 5.74) is 5.78. The zero-order valence-corrected chi connectivity index (χ0v) is 18.4. The number of carbonyl (C=O) groups excluding carboxylic acids is 1. The van der Waals surface area contributed by atoms with Crippen LogP contribution >= 0.6 is 0 Å². The molecule has 0 spiro atoms. The zero-order chi connectivity index (χ0) is 20.5. The fraction of sp³-hybridized carbons (Fsp3) is 0.625. The summed E-state index contributed by atoms with van der Waals surface area (Å²) in [7, 11) is 0. The van der Waals surface area contributed by atoms with Crippen molar-refractivity contribution < 1.29 is 4.79 Å². The molecule has 0 aliphatic carbocycles. The molecule has 0 saturated carbocycles. The van der Waals surface area contributed by atoms with E-state index < -0.39 is 0 Å². The van der Waals surface area contributed by atoms with Gasteiger partial charge in [0.25, 0.3) is 0 Å². The van der Waals surface area contributed by atoms with Crippen LogP contribution in [0, 0.1) is 20.8 Å². The number of nitrogens with zero attached hydrogens (tertiary/aromatic N) is 4. The molecule has 1 fully saturated rings. The summed E-state index contributed by atoms with van der Waals surface area (Å²) in [5, 5.41) is 9.16. The average molecular weight is 395 g/mol. The van der Waals surface area contributed by atoms with Crippen molar-refractivity contribution in [3.05, 3.63) is 45.5 Å². The Labute approximate surface area is 174 Å². The van der Waals surface area contributed by atoms with Gasteiger partial charge in [-0.25, -0.2) is 0 Å². The molecule has 29 heavy (non-hydrogen) atoms. The molecular weight excluding hydrogens is 360 g/mol. The van der Waals surface area contributed by atoms with Gasteiger partial charge < -0.3 is 4.57 Å². The van der Waals surface area contributed by atoms with Gasteiger partial charge in [0.05, 0.1) is 0 Å². The largest absolute Gasteiger partial charge is 0.315 e. The lowest BCUT2D eigenvalue weighted by Gasteiger charge is -2.33. The number of aryl methyl sites for hydroxylation is 3. The molecular formula is C24H34N4O. The third-order valence-corrected chi connectivity index (χ3v) is 6.87. The summed E-state index contributed by atoms with van der Waals surface area (Å²) >= 11 is 0. The van der Waals surface area contributed by atoms with Crippen molar-refractivity contribution in [2.24, 2.45) is 0 Å². The van der Waals surface area contributed by atoms with Crippen LogP contribution < -0.4 is 0 Å². The van der Waals surface area contributed by atoms with Gasteiger partial charge in [0.1, 0.15) is 11.6 Å². The average Bonchev–Trinajstić information content (AvgIpc) is 2.93. The second kappa shape index (κ2) is 8.39. The van der Waals surface area contributed by atoms with Gasteiger partial charge in [-0.05, 0) is 82.2 Å². The fourth-order valence-electron chi connectivity index (χ4n) is 5.45. The maximum Gasteiger partial charge on any atom is 0.160 e. The van der Waals surface area contributed by atoms with E-state index in [1.54, 1.807) is 6.92 Å². The number of likely N-dealkylation sites (tertiary alicyclic amines) is 1. The van der Waals surface area contributed by atoms with E-state index in [0.717, 1.165) is 49.3 Å². The minimum atomic E-state index is 0.170. The molecule has 0 bridgehead atoms. The Morgan fingerprint density at radius 1 is 1.07 bits per heavy atom. The molecule has 3 heterocycles. The van der Waals surface area contributed by atoms with E-state index in [2.05, 4.69) is 46.5 Å². The Balaban J connectivity index is 1.56. The lowest BCUT2D eigenvalue weighted by atomic mass is 9.90. The van der Waals surface area contributed by atoms with Gasteiger partial charge in [-0.3, -0.25) is 9.69 Å². The topological polar surface area (TPSA) is 51.0 Å². The molecule has 0 N–H and O–H groups in total. The highest BCUT2D eigenvalue weighted by Crippen LogP contribution is 2.30. The lowest BCUT2D eigenvalue weighted by molar-refractivity contribution is 0.101. The fourth-order valence-corrected chi connectivity index (χ4v) is 5.45. The standard InChI is InChI=1S/C24H34N4O/c1-16-13-17(2)23(19(4)29)18(3)21(16)15-27-11-8-9-20(14-27)24-26-25-22-10-6-5-7-12-28(22)24/h13,20H,5-12,14-15H2,1-4H3. The summed E-state index contributed by atoms with van der Waals surface area (Å²) in [6.45, 7) is 12.2. The molecule has 4 rings (SSSR count). The molecule has 1 saturated heterocycles. The van der Waals surface area contributed by atoms with Crippen molar-refractivity contribution >= 4 is 5.78 Å². The second-order valence-corrected chi connectivity index (χ2v) is 9.06. The van der Waals surface area contributed by atoms with Crippen LogP contribution in [0.2, 0.25) is 0 Å². The highest BCUT2D eigenvalue weighted by atomic mass is 16.1. The van der Waals surface area contributed by atoms with E-state index >= 15 is 0 Å². The summed E-state index contributed by atoms with van der Waals surface area (Å²) in [6.07, 6.45) is 7.22. The maximum absolute atomic E-state index is 12.2. The van der Waals surface area contributed by atoms with Gasteiger partial charge in [-0.1, -0.05) is 12.5 Å². The Bertz CT molecular complexity index is 914. The number of piperidine rings is 1. The molecule has 2 aliphatic heterocycles. The number of hydrogen-bond donors (Lipinski definition) is 0. The monoisotopic (exact) mass is 394 g/mol. The number of fused-ring (bicyclic) bond motifs is 1. The maximum atomic E-state index is 12.2. The SMILES string of the molecule is CC(=O)c1c(C)cc(C)c(CN2CCCC(c3nnc4n3CCCCC4)C2)c1C. The van der Waals surface area contributed by atoms with Crippen LogP contribution in [0.15, 0.2) is 6.07 Å². The molecule has 1 aromatic heterocycles. The number of hydrogen-bond acceptors (Lipinski definition) is 4. The van der Waals surface area contributed by atoms with Crippen molar-refractivity contribution in [2.75, 3.05) is 13.1 Å². The molecule has 2 aliphatic rings. The van der Waals surface area contributed by atoms with E-state index in [4.69, 9.17) is 0 Å². The van der Waals surface area contributed by atoms with Crippen LogP contribution in [0.3, 0.4) is 0 Å². The Hall–Kier alpha value is -2.01. The first kappa shape index (κ1) is 20.3. The smallest absolute Gasteiger partial charge is 0.160 e. The highest BCUT2D eigenvalue weighted by molar-refractivity contribution is 5.97. The first-order chi connectivity index (χ1) is 14.0. The highest BCUT2D eigenvalue weighted by Gasteiger charge is 2.28. The Morgan fingerprint density at radius 3 is 2.69 bits per heavy atom. The number of benzene rings is 1. The predicted octanol–water partition coefficient (Wildman–Crippen LogP) is 4.51. The minimum Gasteiger partial charge on any atom is -0.315 e. The van der Waals surface area contributed by atoms with Crippen molar-refractivity contribution in [1.29, 1.82) is 0 Å². The molecule has 1 atom stereocenters. The van der Waals surface area contributed by atoms with Crippen molar-refractivity contribution in [2.45, 2.75) is 85.2 Å².